The summed E-state index contributed by atoms with van der Waals surface area (Å²) in [5, 5.41) is 15.4. The van der Waals surface area contributed by atoms with Gasteiger partial charge < -0.3 is 15.3 Å². The highest BCUT2D eigenvalue weighted by molar-refractivity contribution is 7.10. The van der Waals surface area contributed by atoms with E-state index >= 15 is 0 Å². The minimum atomic E-state index is 0.362. The minimum absolute atomic E-state index is 0.362. The fourth-order valence-corrected chi connectivity index (χ4v) is 3.14. The van der Waals surface area contributed by atoms with Gasteiger partial charge in [0.2, 0.25) is 0 Å². The van der Waals surface area contributed by atoms with Gasteiger partial charge in [-0.1, -0.05) is 23.8 Å². The zero-order valence-electron chi connectivity index (χ0n) is 12.3. The van der Waals surface area contributed by atoms with Crippen molar-refractivity contribution in [1.29, 1.82) is 0 Å². The van der Waals surface area contributed by atoms with Crippen LogP contribution in [0.5, 0.6) is 5.75 Å². The lowest BCUT2D eigenvalue weighted by atomic mass is 10.1. The second-order valence-electron chi connectivity index (χ2n) is 5.26. The Kier molecular flexibility index (Phi) is 5.17. The Balaban J connectivity index is 1.95. The van der Waals surface area contributed by atoms with Crippen molar-refractivity contribution in [2.75, 3.05) is 20.6 Å². The zero-order valence-corrected chi connectivity index (χ0v) is 13.1. The molecular formula is C16H22N2OS. The highest BCUT2D eigenvalue weighted by Crippen LogP contribution is 2.23. The number of thiophene rings is 1. The van der Waals surface area contributed by atoms with Crippen molar-refractivity contribution in [3.8, 4) is 5.75 Å². The Morgan fingerprint density at radius 3 is 2.75 bits per heavy atom. The second-order valence-corrected chi connectivity index (χ2v) is 6.24. The predicted octanol–water partition coefficient (Wildman–Crippen LogP) is 3.15. The van der Waals surface area contributed by atoms with Crippen molar-refractivity contribution in [2.45, 2.75) is 19.5 Å². The molecule has 1 heterocycles. The summed E-state index contributed by atoms with van der Waals surface area (Å²) in [7, 11) is 4.19. The molecule has 3 nitrogen and oxygen atoms in total. The molecule has 0 bridgehead atoms. The summed E-state index contributed by atoms with van der Waals surface area (Å²) >= 11 is 1.78. The van der Waals surface area contributed by atoms with E-state index in [0.29, 0.717) is 18.3 Å². The molecule has 20 heavy (non-hydrogen) atoms. The number of aromatic hydroxyl groups is 1. The van der Waals surface area contributed by atoms with Crippen LogP contribution < -0.4 is 5.32 Å². The maximum atomic E-state index is 9.84. The van der Waals surface area contributed by atoms with Gasteiger partial charge in [0.25, 0.3) is 0 Å². The topological polar surface area (TPSA) is 35.5 Å². The van der Waals surface area contributed by atoms with Gasteiger partial charge in [-0.15, -0.1) is 11.3 Å². The minimum Gasteiger partial charge on any atom is -0.508 e. The van der Waals surface area contributed by atoms with Gasteiger partial charge in [-0.3, -0.25) is 0 Å². The SMILES string of the molecule is Cc1ccc(O)c(CNCC(c2cccs2)N(C)C)c1. The average molecular weight is 290 g/mol. The summed E-state index contributed by atoms with van der Waals surface area (Å²) in [6, 6.07) is 10.3. The average Bonchev–Trinajstić information content (AvgIpc) is 2.91. The van der Waals surface area contributed by atoms with Crippen LogP contribution in [0.25, 0.3) is 0 Å². The van der Waals surface area contributed by atoms with Gasteiger partial charge in [-0.25, -0.2) is 0 Å². The number of hydrogen-bond donors (Lipinski definition) is 2. The number of rotatable bonds is 6. The van der Waals surface area contributed by atoms with E-state index in [-0.39, 0.29) is 0 Å². The molecule has 0 fully saturated rings. The summed E-state index contributed by atoms with van der Waals surface area (Å²) < 4.78 is 0. The second kappa shape index (κ2) is 6.88. The molecule has 2 aromatic rings. The summed E-state index contributed by atoms with van der Waals surface area (Å²) in [6.45, 7) is 3.58. The highest BCUT2D eigenvalue weighted by atomic mass is 32.1. The van der Waals surface area contributed by atoms with Crippen molar-refractivity contribution in [2.24, 2.45) is 0 Å². The van der Waals surface area contributed by atoms with E-state index in [9.17, 15) is 5.11 Å². The van der Waals surface area contributed by atoms with E-state index in [4.69, 9.17) is 0 Å². The van der Waals surface area contributed by atoms with Crippen LogP contribution in [-0.2, 0) is 6.54 Å². The Morgan fingerprint density at radius 2 is 2.10 bits per heavy atom. The number of hydrogen-bond acceptors (Lipinski definition) is 4. The molecule has 0 radical (unpaired) electrons. The fraction of sp³-hybridized carbons (Fsp3) is 0.375. The van der Waals surface area contributed by atoms with Crippen LogP contribution in [0.15, 0.2) is 35.7 Å². The van der Waals surface area contributed by atoms with Gasteiger partial charge in [-0.05, 0) is 38.5 Å². The van der Waals surface area contributed by atoms with Crippen LogP contribution in [0.1, 0.15) is 22.0 Å². The number of likely N-dealkylation sites (N-methyl/N-ethyl adjacent to an activating group) is 1. The van der Waals surface area contributed by atoms with Crippen LogP contribution in [0.4, 0.5) is 0 Å². The van der Waals surface area contributed by atoms with Gasteiger partial charge in [0.15, 0.2) is 0 Å². The lowest BCUT2D eigenvalue weighted by molar-refractivity contribution is 0.292. The predicted molar refractivity (Wildman–Crippen MR) is 85.3 cm³/mol. The highest BCUT2D eigenvalue weighted by Gasteiger charge is 2.14. The van der Waals surface area contributed by atoms with Crippen LogP contribution in [-0.4, -0.2) is 30.6 Å². The zero-order chi connectivity index (χ0) is 14.5. The van der Waals surface area contributed by atoms with Crippen LogP contribution >= 0.6 is 11.3 Å². The number of phenolic OH excluding ortho intramolecular Hbond substituents is 1. The molecule has 0 saturated carbocycles. The third-order valence-corrected chi connectivity index (χ3v) is 4.36. The van der Waals surface area contributed by atoms with Crippen LogP contribution in [0, 0.1) is 6.92 Å². The van der Waals surface area contributed by atoms with E-state index in [1.807, 2.05) is 19.1 Å². The van der Waals surface area contributed by atoms with E-state index < -0.39 is 0 Å². The first-order valence-electron chi connectivity index (χ1n) is 6.77. The van der Waals surface area contributed by atoms with Gasteiger partial charge >= 0.3 is 0 Å². The number of benzene rings is 1. The number of nitrogens with zero attached hydrogens (tertiary/aromatic N) is 1. The number of aryl methyl sites for hydroxylation is 1. The first-order valence-corrected chi connectivity index (χ1v) is 7.65. The smallest absolute Gasteiger partial charge is 0.120 e. The molecule has 108 valence electrons. The maximum absolute atomic E-state index is 9.84. The van der Waals surface area contributed by atoms with Gasteiger partial charge in [0.05, 0.1) is 6.04 Å². The Bertz CT molecular complexity index is 537. The molecule has 1 aromatic heterocycles. The van der Waals surface area contributed by atoms with E-state index in [1.54, 1.807) is 17.4 Å². The normalized spacial score (nSPS) is 12.8. The standard InChI is InChI=1S/C16H22N2OS/c1-12-6-7-15(19)13(9-12)10-17-11-14(18(2)3)16-5-4-8-20-16/h4-9,14,17,19H,10-11H2,1-3H3. The van der Waals surface area contributed by atoms with Crippen LogP contribution in [0.2, 0.25) is 0 Å². The van der Waals surface area contributed by atoms with E-state index in [0.717, 1.165) is 12.1 Å². The first kappa shape index (κ1) is 15.0. The van der Waals surface area contributed by atoms with Crippen molar-refractivity contribution in [3.05, 3.63) is 51.7 Å². The fourth-order valence-electron chi connectivity index (χ4n) is 2.22. The molecule has 1 atom stereocenters. The van der Waals surface area contributed by atoms with Crippen molar-refractivity contribution in [1.82, 2.24) is 10.2 Å². The van der Waals surface area contributed by atoms with Crippen molar-refractivity contribution >= 4 is 11.3 Å². The van der Waals surface area contributed by atoms with Crippen molar-refractivity contribution < 1.29 is 5.11 Å². The summed E-state index contributed by atoms with van der Waals surface area (Å²) in [5.41, 5.74) is 2.12. The molecule has 2 rings (SSSR count). The van der Waals surface area contributed by atoms with Crippen molar-refractivity contribution in [3.63, 3.8) is 0 Å². The quantitative estimate of drug-likeness (QED) is 0.858. The molecule has 4 heteroatoms. The molecule has 0 saturated heterocycles. The molecule has 0 aliphatic carbocycles. The molecule has 0 spiro atoms. The number of phenols is 1. The molecular weight excluding hydrogens is 268 g/mol. The van der Waals surface area contributed by atoms with E-state index in [2.05, 4.69) is 41.8 Å². The monoisotopic (exact) mass is 290 g/mol. The molecule has 1 unspecified atom stereocenters. The Labute approximate surface area is 124 Å². The van der Waals surface area contributed by atoms with E-state index in [1.165, 1.54) is 10.4 Å². The van der Waals surface area contributed by atoms with Crippen LogP contribution in [0.3, 0.4) is 0 Å². The molecule has 0 aliphatic rings. The summed E-state index contributed by atoms with van der Waals surface area (Å²) in [6.07, 6.45) is 0. The van der Waals surface area contributed by atoms with Gasteiger partial charge in [0, 0.05) is 23.5 Å². The molecule has 2 N–H and O–H groups in total. The largest absolute Gasteiger partial charge is 0.508 e. The molecule has 1 aromatic carbocycles. The number of nitrogens with one attached hydrogen (secondary N) is 1. The maximum Gasteiger partial charge on any atom is 0.120 e. The van der Waals surface area contributed by atoms with Gasteiger partial charge in [-0.2, -0.15) is 0 Å². The third kappa shape index (κ3) is 3.82. The summed E-state index contributed by atoms with van der Waals surface area (Å²) in [5.74, 6) is 0.362. The lowest BCUT2D eigenvalue weighted by Gasteiger charge is -2.23. The molecule has 0 amide bonds. The first-order chi connectivity index (χ1) is 9.58. The van der Waals surface area contributed by atoms with Gasteiger partial charge in [0.1, 0.15) is 5.75 Å². The Hall–Kier alpha value is -1.36. The summed E-state index contributed by atoms with van der Waals surface area (Å²) in [4.78, 5) is 3.57. The third-order valence-electron chi connectivity index (χ3n) is 3.38. The molecule has 0 aliphatic heterocycles. The Morgan fingerprint density at radius 1 is 1.30 bits per heavy atom. The lowest BCUT2D eigenvalue weighted by Crippen LogP contribution is -2.30.